The number of rotatable bonds is 6. The zero-order valence-corrected chi connectivity index (χ0v) is 14.3. The molecule has 2 N–H and O–H groups in total. The van der Waals surface area contributed by atoms with Gasteiger partial charge in [-0.1, -0.05) is 30.3 Å². The minimum atomic E-state index is -0.110. The lowest BCUT2D eigenvalue weighted by Gasteiger charge is -2.06. The number of anilines is 1. The van der Waals surface area contributed by atoms with Gasteiger partial charge in [-0.15, -0.1) is 11.3 Å². The smallest absolute Gasteiger partial charge is 0.227 e. The highest BCUT2D eigenvalue weighted by molar-refractivity contribution is 7.15. The predicted molar refractivity (Wildman–Crippen MR) is 95.2 cm³/mol. The molecule has 0 bridgehead atoms. The van der Waals surface area contributed by atoms with E-state index in [9.17, 15) is 9.59 Å². The third-order valence-electron chi connectivity index (χ3n) is 3.97. The van der Waals surface area contributed by atoms with E-state index >= 15 is 0 Å². The first-order valence-corrected chi connectivity index (χ1v) is 9.11. The molecule has 1 aromatic heterocycles. The lowest BCUT2D eigenvalue weighted by atomic mass is 10.0. The fourth-order valence-electron chi connectivity index (χ4n) is 2.75. The summed E-state index contributed by atoms with van der Waals surface area (Å²) in [5.41, 5.74) is 2.10. The van der Waals surface area contributed by atoms with Gasteiger partial charge in [0, 0.05) is 17.8 Å². The van der Waals surface area contributed by atoms with Crippen molar-refractivity contribution in [3.63, 3.8) is 0 Å². The number of benzene rings is 1. The minimum absolute atomic E-state index is 0.0706. The number of thiazole rings is 1. The molecule has 1 aliphatic rings. The number of hydrogen-bond acceptors (Lipinski definition) is 4. The summed E-state index contributed by atoms with van der Waals surface area (Å²) in [6, 6.07) is 9.56. The molecule has 0 unspecified atom stereocenters. The first kappa shape index (κ1) is 16.6. The van der Waals surface area contributed by atoms with Gasteiger partial charge in [-0.25, -0.2) is 4.98 Å². The summed E-state index contributed by atoms with van der Waals surface area (Å²) in [5, 5.41) is 6.30. The van der Waals surface area contributed by atoms with Crippen LogP contribution in [0.1, 0.15) is 35.4 Å². The normalized spacial score (nSPS) is 13.2. The fraction of sp³-hybridized carbons (Fsp3) is 0.389. The Bertz CT molecular complexity index is 689. The molecule has 0 aliphatic heterocycles. The van der Waals surface area contributed by atoms with Crippen molar-refractivity contribution < 1.29 is 9.59 Å². The molecule has 0 fully saturated rings. The molecule has 1 aromatic carbocycles. The van der Waals surface area contributed by atoms with Gasteiger partial charge in [0.05, 0.1) is 12.1 Å². The molecule has 0 saturated heterocycles. The van der Waals surface area contributed by atoms with Crippen molar-refractivity contribution in [2.24, 2.45) is 0 Å². The van der Waals surface area contributed by atoms with Crippen LogP contribution in [0.4, 0.5) is 5.13 Å². The molecule has 6 heteroatoms. The van der Waals surface area contributed by atoms with Crippen LogP contribution in [0.5, 0.6) is 0 Å². The zero-order valence-electron chi connectivity index (χ0n) is 13.5. The van der Waals surface area contributed by atoms with Crippen molar-refractivity contribution >= 4 is 28.3 Å². The minimum Gasteiger partial charge on any atom is -0.355 e. The third-order valence-corrected chi connectivity index (χ3v) is 5.05. The Morgan fingerprint density at radius 2 is 1.88 bits per heavy atom. The molecule has 24 heavy (non-hydrogen) atoms. The van der Waals surface area contributed by atoms with Crippen LogP contribution in [0, 0.1) is 0 Å². The lowest BCUT2D eigenvalue weighted by Crippen LogP contribution is -2.28. The molecule has 5 nitrogen and oxygen atoms in total. The van der Waals surface area contributed by atoms with Gasteiger partial charge in [-0.3, -0.25) is 9.59 Å². The maximum Gasteiger partial charge on any atom is 0.227 e. The van der Waals surface area contributed by atoms with Crippen LogP contribution in [0.15, 0.2) is 30.3 Å². The van der Waals surface area contributed by atoms with E-state index in [2.05, 4.69) is 15.6 Å². The van der Waals surface area contributed by atoms with Gasteiger partial charge >= 0.3 is 0 Å². The lowest BCUT2D eigenvalue weighted by molar-refractivity contribution is -0.120. The summed E-state index contributed by atoms with van der Waals surface area (Å²) in [5.74, 6) is -0.181. The number of aromatic nitrogens is 1. The molecular formula is C18H21N3O2S. The van der Waals surface area contributed by atoms with E-state index in [4.69, 9.17) is 0 Å². The molecule has 0 radical (unpaired) electrons. The van der Waals surface area contributed by atoms with Crippen LogP contribution >= 0.6 is 11.3 Å². The zero-order chi connectivity index (χ0) is 16.8. The van der Waals surface area contributed by atoms with Crippen molar-refractivity contribution in [3.8, 4) is 0 Å². The highest BCUT2D eigenvalue weighted by Gasteiger charge is 2.16. The quantitative estimate of drug-likeness (QED) is 0.847. The molecular weight excluding hydrogens is 322 g/mol. The summed E-state index contributed by atoms with van der Waals surface area (Å²) in [6.45, 7) is 0.336. The molecule has 2 amide bonds. The van der Waals surface area contributed by atoms with Crippen molar-refractivity contribution in [1.29, 1.82) is 0 Å². The Morgan fingerprint density at radius 3 is 2.67 bits per heavy atom. The van der Waals surface area contributed by atoms with Gasteiger partial charge in [0.15, 0.2) is 5.13 Å². The van der Waals surface area contributed by atoms with E-state index in [1.54, 1.807) is 11.3 Å². The standard InChI is InChI=1S/C18H21N3O2S/c22-16(21-18-20-14-8-4-5-9-15(14)24-18)10-11-19-17(23)12-13-6-2-1-3-7-13/h1-3,6-7H,4-5,8-12H2,(H,19,23)(H,20,21,22). The number of nitrogens with one attached hydrogen (secondary N) is 2. The number of carbonyl (C=O) groups excluding carboxylic acids is 2. The number of nitrogens with zero attached hydrogens (tertiary/aromatic N) is 1. The number of hydrogen-bond donors (Lipinski definition) is 2. The Balaban J connectivity index is 1.39. The van der Waals surface area contributed by atoms with Crippen LogP contribution in [-0.4, -0.2) is 23.3 Å². The second-order valence-electron chi connectivity index (χ2n) is 5.91. The van der Waals surface area contributed by atoms with Gasteiger partial charge in [0.1, 0.15) is 0 Å². The van der Waals surface area contributed by atoms with E-state index in [1.165, 1.54) is 17.7 Å². The molecule has 0 spiro atoms. The second kappa shape index (κ2) is 8.06. The van der Waals surface area contributed by atoms with E-state index in [1.807, 2.05) is 30.3 Å². The summed E-state index contributed by atoms with van der Waals surface area (Å²) in [4.78, 5) is 29.6. The molecule has 2 aromatic rings. The second-order valence-corrected chi connectivity index (χ2v) is 6.99. The number of aryl methyl sites for hydroxylation is 2. The van der Waals surface area contributed by atoms with Crippen LogP contribution < -0.4 is 10.6 Å². The SMILES string of the molecule is O=C(Cc1ccccc1)NCCC(=O)Nc1nc2c(s1)CCCC2. The highest BCUT2D eigenvalue weighted by Crippen LogP contribution is 2.29. The Labute approximate surface area is 145 Å². The summed E-state index contributed by atoms with van der Waals surface area (Å²) in [7, 11) is 0. The monoisotopic (exact) mass is 343 g/mol. The Hall–Kier alpha value is -2.21. The average molecular weight is 343 g/mol. The van der Waals surface area contributed by atoms with Crippen LogP contribution in [0.25, 0.3) is 0 Å². The maximum absolute atomic E-state index is 12.0. The van der Waals surface area contributed by atoms with Crippen molar-refractivity contribution in [2.45, 2.75) is 38.5 Å². The van der Waals surface area contributed by atoms with Gasteiger partial charge in [0.2, 0.25) is 11.8 Å². The van der Waals surface area contributed by atoms with E-state index in [0.29, 0.717) is 18.1 Å². The first-order valence-electron chi connectivity index (χ1n) is 8.30. The molecule has 1 heterocycles. The largest absolute Gasteiger partial charge is 0.355 e. The van der Waals surface area contributed by atoms with Crippen molar-refractivity contribution in [3.05, 3.63) is 46.5 Å². The summed E-state index contributed by atoms with van der Waals surface area (Å²) in [6.07, 6.45) is 5.05. The van der Waals surface area contributed by atoms with Crippen molar-refractivity contribution in [1.82, 2.24) is 10.3 Å². The maximum atomic E-state index is 12.0. The van der Waals surface area contributed by atoms with Crippen LogP contribution in [-0.2, 0) is 28.9 Å². The van der Waals surface area contributed by atoms with Gasteiger partial charge < -0.3 is 10.6 Å². The number of carbonyl (C=O) groups is 2. The van der Waals surface area contributed by atoms with Gasteiger partial charge in [0.25, 0.3) is 0 Å². The van der Waals surface area contributed by atoms with Crippen LogP contribution in [0.3, 0.4) is 0 Å². The average Bonchev–Trinajstić information content (AvgIpc) is 2.97. The molecule has 0 atom stereocenters. The van der Waals surface area contributed by atoms with Crippen molar-refractivity contribution in [2.75, 3.05) is 11.9 Å². The van der Waals surface area contributed by atoms with E-state index in [0.717, 1.165) is 24.1 Å². The third kappa shape index (κ3) is 4.64. The summed E-state index contributed by atoms with van der Waals surface area (Å²) >= 11 is 1.57. The van der Waals surface area contributed by atoms with Crippen LogP contribution in [0.2, 0.25) is 0 Å². The molecule has 3 rings (SSSR count). The van der Waals surface area contributed by atoms with Gasteiger partial charge in [-0.05, 0) is 31.2 Å². The Morgan fingerprint density at radius 1 is 1.08 bits per heavy atom. The van der Waals surface area contributed by atoms with Gasteiger partial charge in [-0.2, -0.15) is 0 Å². The molecule has 0 saturated carbocycles. The van der Waals surface area contributed by atoms with E-state index in [-0.39, 0.29) is 18.2 Å². The predicted octanol–water partition coefficient (Wildman–Crippen LogP) is 2.71. The first-order chi connectivity index (χ1) is 11.7. The fourth-order valence-corrected chi connectivity index (χ4v) is 3.81. The highest BCUT2D eigenvalue weighted by atomic mass is 32.1. The topological polar surface area (TPSA) is 71.1 Å². The Kier molecular flexibility index (Phi) is 5.59. The number of amides is 2. The molecule has 126 valence electrons. The molecule has 1 aliphatic carbocycles. The number of fused-ring (bicyclic) bond motifs is 1. The van der Waals surface area contributed by atoms with E-state index < -0.39 is 0 Å². The summed E-state index contributed by atoms with van der Waals surface area (Å²) < 4.78 is 0.